The van der Waals surface area contributed by atoms with Crippen LogP contribution in [-0.4, -0.2) is 70.4 Å². The molecule has 1 unspecified atom stereocenters. The molecule has 1 atom stereocenters. The predicted molar refractivity (Wildman–Crippen MR) is 104 cm³/mol. The monoisotopic (exact) mass is 383 g/mol. The number of carbonyl (C=O) groups excluding carboxylic acids is 2. The first kappa shape index (κ1) is 18.5. The number of hydrogen-bond donors (Lipinski definition) is 1. The zero-order valence-corrected chi connectivity index (χ0v) is 15.8. The molecule has 2 aliphatic rings. The molecule has 3 amide bonds. The third kappa shape index (κ3) is 4.17. The lowest BCUT2D eigenvalue weighted by molar-refractivity contribution is -0.142. The number of para-hydroxylation sites is 1. The summed E-state index contributed by atoms with van der Waals surface area (Å²) in [4.78, 5) is 28.7. The predicted octanol–water partition coefficient (Wildman–Crippen LogP) is 1.79. The summed E-state index contributed by atoms with van der Waals surface area (Å²) in [5, 5.41) is 7.23. The Morgan fingerprint density at radius 2 is 1.89 bits per heavy atom. The molecule has 8 nitrogen and oxygen atoms in total. The van der Waals surface area contributed by atoms with Crippen molar-refractivity contribution < 1.29 is 14.3 Å². The summed E-state index contributed by atoms with van der Waals surface area (Å²) in [7, 11) is 0. The van der Waals surface area contributed by atoms with Crippen LogP contribution in [0.5, 0.6) is 0 Å². The lowest BCUT2D eigenvalue weighted by atomic mass is 10.1. The minimum atomic E-state index is -0.297. The van der Waals surface area contributed by atoms with E-state index in [-0.39, 0.29) is 18.0 Å². The van der Waals surface area contributed by atoms with Crippen LogP contribution in [0.15, 0.2) is 42.7 Å². The van der Waals surface area contributed by atoms with Gasteiger partial charge in [-0.25, -0.2) is 4.79 Å². The van der Waals surface area contributed by atoms with Gasteiger partial charge < -0.3 is 19.9 Å². The van der Waals surface area contributed by atoms with Crippen LogP contribution < -0.4 is 5.32 Å². The zero-order chi connectivity index (χ0) is 19.3. The van der Waals surface area contributed by atoms with E-state index in [0.717, 1.165) is 24.1 Å². The van der Waals surface area contributed by atoms with Crippen molar-refractivity contribution >= 4 is 17.6 Å². The maximum Gasteiger partial charge on any atom is 0.321 e. The van der Waals surface area contributed by atoms with Crippen LogP contribution in [-0.2, 0) is 16.1 Å². The number of nitrogens with one attached hydrogen (secondary N) is 1. The number of rotatable bonds is 4. The molecule has 1 aromatic carbocycles. The second-order valence-corrected chi connectivity index (χ2v) is 7.10. The van der Waals surface area contributed by atoms with Gasteiger partial charge in [0.15, 0.2) is 0 Å². The van der Waals surface area contributed by atoms with Crippen molar-refractivity contribution in [2.24, 2.45) is 0 Å². The normalized spacial score (nSPS) is 19.6. The average Bonchev–Trinajstić information content (AvgIpc) is 3.43. The molecule has 0 bridgehead atoms. The summed E-state index contributed by atoms with van der Waals surface area (Å²) >= 11 is 0. The number of urea groups is 1. The molecule has 0 radical (unpaired) electrons. The first-order valence-electron chi connectivity index (χ1n) is 9.72. The first-order valence-corrected chi connectivity index (χ1v) is 9.72. The van der Waals surface area contributed by atoms with Gasteiger partial charge in [-0.1, -0.05) is 18.2 Å². The summed E-state index contributed by atoms with van der Waals surface area (Å²) in [5.41, 5.74) is 1.77. The van der Waals surface area contributed by atoms with Gasteiger partial charge in [0.2, 0.25) is 0 Å². The van der Waals surface area contributed by atoms with Gasteiger partial charge in [0.1, 0.15) is 6.10 Å². The molecule has 1 aromatic heterocycles. The number of benzene rings is 1. The number of carbonyl (C=O) groups is 2. The molecule has 0 aliphatic carbocycles. The molecule has 2 saturated heterocycles. The molecule has 148 valence electrons. The van der Waals surface area contributed by atoms with E-state index in [1.807, 2.05) is 46.1 Å². The zero-order valence-electron chi connectivity index (χ0n) is 15.8. The molecule has 2 aliphatic heterocycles. The van der Waals surface area contributed by atoms with Crippen molar-refractivity contribution in [3.05, 3.63) is 48.3 Å². The van der Waals surface area contributed by atoms with Gasteiger partial charge in [0, 0.05) is 50.9 Å². The van der Waals surface area contributed by atoms with Crippen LogP contribution in [0.4, 0.5) is 10.5 Å². The highest BCUT2D eigenvalue weighted by Gasteiger charge is 2.31. The molecule has 0 saturated carbocycles. The van der Waals surface area contributed by atoms with Gasteiger partial charge in [0.25, 0.3) is 5.91 Å². The minimum absolute atomic E-state index is 0.0575. The van der Waals surface area contributed by atoms with E-state index < -0.39 is 0 Å². The Kier molecular flexibility index (Phi) is 5.57. The molecule has 3 heterocycles. The molecule has 2 aromatic rings. The third-order valence-corrected chi connectivity index (χ3v) is 5.23. The summed E-state index contributed by atoms with van der Waals surface area (Å²) in [6.07, 6.45) is 5.07. The maximum absolute atomic E-state index is 12.7. The van der Waals surface area contributed by atoms with Crippen molar-refractivity contribution in [2.75, 3.05) is 38.1 Å². The van der Waals surface area contributed by atoms with Crippen LogP contribution in [0.3, 0.4) is 0 Å². The van der Waals surface area contributed by atoms with Crippen LogP contribution in [0.25, 0.3) is 0 Å². The topological polar surface area (TPSA) is 79.7 Å². The highest BCUT2D eigenvalue weighted by atomic mass is 16.5. The van der Waals surface area contributed by atoms with Crippen LogP contribution in [0, 0.1) is 0 Å². The first-order chi connectivity index (χ1) is 13.7. The molecule has 28 heavy (non-hydrogen) atoms. The highest BCUT2D eigenvalue weighted by molar-refractivity contribution is 5.90. The summed E-state index contributed by atoms with van der Waals surface area (Å²) in [6.45, 7) is 3.38. The third-order valence-electron chi connectivity index (χ3n) is 5.23. The fourth-order valence-corrected chi connectivity index (χ4v) is 3.65. The van der Waals surface area contributed by atoms with E-state index in [9.17, 15) is 9.59 Å². The van der Waals surface area contributed by atoms with E-state index in [4.69, 9.17) is 4.74 Å². The number of amides is 3. The Morgan fingerprint density at radius 3 is 2.61 bits per heavy atom. The smallest absolute Gasteiger partial charge is 0.321 e. The fraction of sp³-hybridized carbons (Fsp3) is 0.450. The Morgan fingerprint density at radius 1 is 1.11 bits per heavy atom. The number of ether oxygens (including phenoxy) is 1. The van der Waals surface area contributed by atoms with E-state index >= 15 is 0 Å². The van der Waals surface area contributed by atoms with E-state index in [1.165, 1.54) is 0 Å². The van der Waals surface area contributed by atoms with Gasteiger partial charge in [-0.05, 0) is 30.5 Å². The summed E-state index contributed by atoms with van der Waals surface area (Å²) < 4.78 is 7.31. The number of nitrogens with zero attached hydrogens (tertiary/aromatic N) is 4. The number of anilines is 1. The number of aromatic nitrogens is 2. The molecular formula is C20H25N5O3. The van der Waals surface area contributed by atoms with Gasteiger partial charge in [0.05, 0.1) is 6.54 Å². The van der Waals surface area contributed by atoms with Crippen molar-refractivity contribution in [1.82, 2.24) is 19.6 Å². The molecule has 1 N–H and O–H groups in total. The Hall–Kier alpha value is -2.87. The fourth-order valence-electron chi connectivity index (χ4n) is 3.65. The molecule has 8 heteroatoms. The Bertz CT molecular complexity index is 809. The van der Waals surface area contributed by atoms with Crippen LogP contribution in [0.1, 0.15) is 18.4 Å². The van der Waals surface area contributed by atoms with E-state index in [2.05, 4.69) is 10.4 Å². The van der Waals surface area contributed by atoms with E-state index in [1.54, 1.807) is 11.1 Å². The quantitative estimate of drug-likeness (QED) is 0.873. The van der Waals surface area contributed by atoms with Crippen molar-refractivity contribution in [3.8, 4) is 0 Å². The molecule has 4 rings (SSSR count). The minimum Gasteiger partial charge on any atom is -0.368 e. The average molecular weight is 383 g/mol. The Labute approximate surface area is 164 Å². The number of piperazine rings is 1. The second kappa shape index (κ2) is 8.43. The van der Waals surface area contributed by atoms with Crippen molar-refractivity contribution in [1.29, 1.82) is 0 Å². The Balaban J connectivity index is 1.33. The summed E-state index contributed by atoms with van der Waals surface area (Å²) in [5.74, 6) is 0.0575. The summed E-state index contributed by atoms with van der Waals surface area (Å²) in [6, 6.07) is 9.46. The van der Waals surface area contributed by atoms with Gasteiger partial charge in [-0.2, -0.15) is 5.10 Å². The van der Waals surface area contributed by atoms with E-state index in [0.29, 0.717) is 39.3 Å². The lowest BCUT2D eigenvalue weighted by Gasteiger charge is -2.35. The van der Waals surface area contributed by atoms with Gasteiger partial charge in [-0.15, -0.1) is 0 Å². The molecular weight excluding hydrogens is 358 g/mol. The maximum atomic E-state index is 12.7. The lowest BCUT2D eigenvalue weighted by Crippen LogP contribution is -2.53. The van der Waals surface area contributed by atoms with Crippen LogP contribution in [0.2, 0.25) is 0 Å². The molecule has 0 spiro atoms. The van der Waals surface area contributed by atoms with Crippen LogP contribution >= 0.6 is 0 Å². The van der Waals surface area contributed by atoms with Gasteiger partial charge >= 0.3 is 6.03 Å². The van der Waals surface area contributed by atoms with Crippen molar-refractivity contribution in [3.63, 3.8) is 0 Å². The largest absolute Gasteiger partial charge is 0.368 e. The SMILES string of the molecule is O=C(Nc1ccccc1Cn1cccn1)N1CCN(C(=O)C2CCCO2)CC1. The highest BCUT2D eigenvalue weighted by Crippen LogP contribution is 2.19. The number of hydrogen-bond acceptors (Lipinski definition) is 4. The molecule has 2 fully saturated rings. The van der Waals surface area contributed by atoms with Gasteiger partial charge in [-0.3, -0.25) is 9.48 Å². The second-order valence-electron chi connectivity index (χ2n) is 7.10. The standard InChI is InChI=1S/C20H25N5O3/c26-19(18-7-3-14-28-18)23-10-12-24(13-11-23)20(27)22-17-6-2-1-5-16(17)15-25-9-4-8-21-25/h1-2,4-6,8-9,18H,3,7,10-15H2,(H,22,27). The van der Waals surface area contributed by atoms with Crippen molar-refractivity contribution in [2.45, 2.75) is 25.5 Å².